The molecule has 0 unspecified atom stereocenters. The Morgan fingerprint density at radius 2 is 2.25 bits per heavy atom. The van der Waals surface area contributed by atoms with E-state index in [-0.39, 0.29) is 0 Å². The summed E-state index contributed by atoms with van der Waals surface area (Å²) in [5, 5.41) is 0. The summed E-state index contributed by atoms with van der Waals surface area (Å²) in [4.78, 5) is 2.25. The van der Waals surface area contributed by atoms with E-state index in [1.54, 1.807) is 0 Å². The normalized spacial score (nSPS) is 10.3. The SMILES string of the molecule is CC(C)CN(C)c1c[c]ccc1. The van der Waals surface area contributed by atoms with Crippen LogP contribution in [0, 0.1) is 12.0 Å². The van der Waals surface area contributed by atoms with E-state index < -0.39 is 0 Å². The maximum atomic E-state index is 3.07. The van der Waals surface area contributed by atoms with E-state index in [2.05, 4.69) is 37.9 Å². The van der Waals surface area contributed by atoms with Crippen molar-refractivity contribution in [2.75, 3.05) is 18.5 Å². The van der Waals surface area contributed by atoms with Gasteiger partial charge in [0.05, 0.1) is 0 Å². The first-order chi connectivity index (χ1) is 5.70. The van der Waals surface area contributed by atoms with Crippen LogP contribution in [0.4, 0.5) is 5.69 Å². The molecule has 0 atom stereocenters. The maximum Gasteiger partial charge on any atom is 0.0369 e. The zero-order valence-electron chi connectivity index (χ0n) is 8.04. The van der Waals surface area contributed by atoms with Crippen molar-refractivity contribution in [3.8, 4) is 0 Å². The molecule has 0 saturated carbocycles. The first-order valence-electron chi connectivity index (χ1n) is 4.37. The molecule has 1 heteroatoms. The fraction of sp³-hybridized carbons (Fsp3) is 0.455. The van der Waals surface area contributed by atoms with Crippen molar-refractivity contribution in [3.05, 3.63) is 30.3 Å². The summed E-state index contributed by atoms with van der Waals surface area (Å²) in [6.07, 6.45) is 0. The van der Waals surface area contributed by atoms with Crippen molar-refractivity contribution in [2.24, 2.45) is 5.92 Å². The minimum atomic E-state index is 0.704. The molecule has 1 aromatic carbocycles. The van der Waals surface area contributed by atoms with Crippen LogP contribution in [0.3, 0.4) is 0 Å². The van der Waals surface area contributed by atoms with Gasteiger partial charge in [0, 0.05) is 19.3 Å². The Balaban J connectivity index is 2.59. The minimum absolute atomic E-state index is 0.704. The molecule has 1 nitrogen and oxygen atoms in total. The van der Waals surface area contributed by atoms with Gasteiger partial charge in [0.2, 0.25) is 0 Å². The van der Waals surface area contributed by atoms with Crippen LogP contribution >= 0.6 is 0 Å². The van der Waals surface area contributed by atoms with Gasteiger partial charge >= 0.3 is 0 Å². The van der Waals surface area contributed by atoms with Gasteiger partial charge < -0.3 is 4.90 Å². The third kappa shape index (κ3) is 2.57. The van der Waals surface area contributed by atoms with Crippen molar-refractivity contribution in [1.82, 2.24) is 0 Å². The van der Waals surface area contributed by atoms with Gasteiger partial charge in [0.15, 0.2) is 0 Å². The van der Waals surface area contributed by atoms with Crippen LogP contribution in [0.15, 0.2) is 24.3 Å². The van der Waals surface area contributed by atoms with Crippen LogP contribution in [0.2, 0.25) is 0 Å². The van der Waals surface area contributed by atoms with Crippen molar-refractivity contribution in [1.29, 1.82) is 0 Å². The number of hydrogen-bond donors (Lipinski definition) is 0. The van der Waals surface area contributed by atoms with Crippen LogP contribution in [-0.2, 0) is 0 Å². The highest BCUT2D eigenvalue weighted by Crippen LogP contribution is 2.11. The van der Waals surface area contributed by atoms with E-state index in [4.69, 9.17) is 0 Å². The molecule has 0 aliphatic heterocycles. The molecule has 65 valence electrons. The van der Waals surface area contributed by atoms with Crippen LogP contribution < -0.4 is 4.90 Å². The molecule has 0 fully saturated rings. The summed E-state index contributed by atoms with van der Waals surface area (Å²) in [6.45, 7) is 5.55. The predicted molar refractivity (Wildman–Crippen MR) is 53.4 cm³/mol. The summed E-state index contributed by atoms with van der Waals surface area (Å²) >= 11 is 0. The molecule has 0 amide bonds. The Morgan fingerprint density at radius 3 is 2.75 bits per heavy atom. The predicted octanol–water partition coefficient (Wildman–Crippen LogP) is 2.58. The Bertz CT molecular complexity index is 216. The summed E-state index contributed by atoms with van der Waals surface area (Å²) in [6, 6.07) is 11.1. The molecule has 1 rings (SSSR count). The molecule has 0 saturated heterocycles. The van der Waals surface area contributed by atoms with Crippen LogP contribution in [-0.4, -0.2) is 13.6 Å². The number of hydrogen-bond acceptors (Lipinski definition) is 1. The number of benzene rings is 1. The van der Waals surface area contributed by atoms with Crippen LogP contribution in [0.5, 0.6) is 0 Å². The lowest BCUT2D eigenvalue weighted by Gasteiger charge is -2.21. The third-order valence-electron chi connectivity index (χ3n) is 1.77. The van der Waals surface area contributed by atoms with E-state index in [9.17, 15) is 0 Å². The van der Waals surface area contributed by atoms with E-state index in [0.29, 0.717) is 5.92 Å². The van der Waals surface area contributed by atoms with Gasteiger partial charge in [-0.25, -0.2) is 0 Å². The maximum absolute atomic E-state index is 3.07. The summed E-state index contributed by atoms with van der Waals surface area (Å²) in [5.74, 6) is 0.704. The van der Waals surface area contributed by atoms with Gasteiger partial charge in [-0.15, -0.1) is 0 Å². The lowest BCUT2D eigenvalue weighted by atomic mass is 10.2. The van der Waals surface area contributed by atoms with E-state index >= 15 is 0 Å². The van der Waals surface area contributed by atoms with Gasteiger partial charge in [0.1, 0.15) is 0 Å². The first kappa shape index (κ1) is 9.11. The Morgan fingerprint density at radius 1 is 1.50 bits per heavy atom. The first-order valence-corrected chi connectivity index (χ1v) is 4.37. The van der Waals surface area contributed by atoms with E-state index in [0.717, 1.165) is 6.54 Å². The number of rotatable bonds is 3. The number of nitrogens with zero attached hydrogens (tertiary/aromatic N) is 1. The Hall–Kier alpha value is -0.980. The third-order valence-corrected chi connectivity index (χ3v) is 1.77. The minimum Gasteiger partial charge on any atom is -0.374 e. The van der Waals surface area contributed by atoms with Crippen molar-refractivity contribution >= 4 is 5.69 Å². The molecule has 1 radical (unpaired) electrons. The molecule has 0 aromatic heterocycles. The smallest absolute Gasteiger partial charge is 0.0369 e. The van der Waals surface area contributed by atoms with Crippen molar-refractivity contribution < 1.29 is 0 Å². The fourth-order valence-corrected chi connectivity index (χ4v) is 1.27. The average Bonchev–Trinajstić information content (AvgIpc) is 2.05. The quantitative estimate of drug-likeness (QED) is 0.660. The van der Waals surface area contributed by atoms with Gasteiger partial charge in [-0.3, -0.25) is 0 Å². The van der Waals surface area contributed by atoms with E-state index in [1.807, 2.05) is 18.2 Å². The molecule has 0 heterocycles. The lowest BCUT2D eigenvalue weighted by molar-refractivity contribution is 0.638. The second-order valence-corrected chi connectivity index (χ2v) is 3.54. The zero-order valence-corrected chi connectivity index (χ0v) is 8.04. The van der Waals surface area contributed by atoms with Crippen LogP contribution in [0.25, 0.3) is 0 Å². The molecule has 0 N–H and O–H groups in total. The van der Waals surface area contributed by atoms with Crippen molar-refractivity contribution in [2.45, 2.75) is 13.8 Å². The molecule has 0 bridgehead atoms. The number of anilines is 1. The fourth-order valence-electron chi connectivity index (χ4n) is 1.27. The molecule has 0 spiro atoms. The molecule has 0 aliphatic rings. The van der Waals surface area contributed by atoms with Crippen LogP contribution in [0.1, 0.15) is 13.8 Å². The summed E-state index contributed by atoms with van der Waals surface area (Å²) in [7, 11) is 2.11. The largest absolute Gasteiger partial charge is 0.374 e. The lowest BCUT2D eigenvalue weighted by Crippen LogP contribution is -2.22. The second kappa shape index (κ2) is 4.15. The highest BCUT2D eigenvalue weighted by molar-refractivity contribution is 5.44. The molecule has 0 aliphatic carbocycles. The molecular formula is C11H16N. The standard InChI is InChI=1S/C11H16N/c1-10(2)9-12(3)11-7-5-4-6-8-11/h4-5,7-8,10H,9H2,1-3H3. The molecule has 12 heavy (non-hydrogen) atoms. The average molecular weight is 162 g/mol. The molecule has 1 aromatic rings. The van der Waals surface area contributed by atoms with Gasteiger partial charge in [-0.1, -0.05) is 26.0 Å². The highest BCUT2D eigenvalue weighted by Gasteiger charge is 2.01. The zero-order chi connectivity index (χ0) is 8.97. The molecular weight excluding hydrogens is 146 g/mol. The highest BCUT2D eigenvalue weighted by atomic mass is 15.1. The summed E-state index contributed by atoms with van der Waals surface area (Å²) < 4.78 is 0. The topological polar surface area (TPSA) is 3.24 Å². The monoisotopic (exact) mass is 162 g/mol. The van der Waals surface area contributed by atoms with Crippen molar-refractivity contribution in [3.63, 3.8) is 0 Å². The second-order valence-electron chi connectivity index (χ2n) is 3.54. The Kier molecular flexibility index (Phi) is 3.15. The van der Waals surface area contributed by atoms with Gasteiger partial charge in [-0.2, -0.15) is 0 Å². The Labute approximate surface area is 75.0 Å². The van der Waals surface area contributed by atoms with E-state index in [1.165, 1.54) is 5.69 Å². The van der Waals surface area contributed by atoms with Gasteiger partial charge in [-0.05, 0) is 24.1 Å². The summed E-state index contributed by atoms with van der Waals surface area (Å²) in [5.41, 5.74) is 1.24. The van der Waals surface area contributed by atoms with Gasteiger partial charge in [0.25, 0.3) is 0 Å².